The third-order valence-corrected chi connectivity index (χ3v) is 2.92. The van der Waals surface area contributed by atoms with Crippen LogP contribution in [0.2, 0.25) is 0 Å². The summed E-state index contributed by atoms with van der Waals surface area (Å²) in [4.78, 5) is -2.78. The first-order valence-corrected chi connectivity index (χ1v) is 5.58. The second kappa shape index (κ2) is 5.43. The molecular weight excluding hydrogens is 402 g/mol. The molecule has 2 nitrogen and oxygen atoms in total. The molecule has 1 aliphatic rings. The van der Waals surface area contributed by atoms with E-state index in [0.29, 0.717) is 0 Å². The Kier molecular flexibility index (Phi) is 4.65. The van der Waals surface area contributed by atoms with E-state index in [1.165, 1.54) is 0 Å². The Morgan fingerprint density at radius 2 is 0.840 bits per heavy atom. The largest absolute Gasteiger partial charge is 0.475 e. The summed E-state index contributed by atoms with van der Waals surface area (Å²) in [6, 6.07) is -12.3. The van der Waals surface area contributed by atoms with Crippen LogP contribution in [0.1, 0.15) is 0 Å². The molecule has 0 amide bonds. The summed E-state index contributed by atoms with van der Waals surface area (Å²) >= 11 is 0. The fourth-order valence-electron chi connectivity index (χ4n) is 1.49. The van der Waals surface area contributed by atoms with Crippen LogP contribution in [0.25, 0.3) is 0 Å². The van der Waals surface area contributed by atoms with Gasteiger partial charge >= 0.3 is 36.3 Å². The van der Waals surface area contributed by atoms with E-state index in [9.17, 15) is 61.5 Å². The minimum Gasteiger partial charge on any atom is -0.295 e. The van der Waals surface area contributed by atoms with E-state index in [2.05, 4.69) is 0 Å². The van der Waals surface area contributed by atoms with Crippen molar-refractivity contribution in [1.29, 1.82) is 0 Å². The van der Waals surface area contributed by atoms with E-state index in [0.717, 1.165) is 0 Å². The quantitative estimate of drug-likeness (QED) is 0.497. The molecule has 0 aliphatic carbocycles. The summed E-state index contributed by atoms with van der Waals surface area (Å²) in [7, 11) is 0. The average molecular weight is 406 g/mol. The number of hydrogen-bond donors (Lipinski definition) is 0. The average Bonchev–Trinajstić information content (AvgIpc) is 2.85. The van der Waals surface area contributed by atoms with Gasteiger partial charge in [-0.25, -0.2) is 0 Å². The Hall–Kier alpha value is -1.64. The molecule has 0 saturated heterocycles. The predicted octanol–water partition coefficient (Wildman–Crippen LogP) is 4.61. The van der Waals surface area contributed by atoms with Crippen LogP contribution >= 0.6 is 0 Å². The highest BCUT2D eigenvalue weighted by molar-refractivity contribution is 5.06. The standard InChI is InChI=1S/C9H4F14N2/c10-4(11,6(14,15)16)5(12,13)8(20,21)24-1-2-25(3-24)9(22,23)7(17,18)19/h1-2H,3H2. The van der Waals surface area contributed by atoms with E-state index in [1.54, 1.807) is 0 Å². The second-order valence-corrected chi connectivity index (χ2v) is 4.61. The summed E-state index contributed by atoms with van der Waals surface area (Å²) in [6.07, 6.45) is -14.6. The van der Waals surface area contributed by atoms with Crippen molar-refractivity contribution in [2.24, 2.45) is 0 Å². The lowest BCUT2D eigenvalue weighted by atomic mass is 10.1. The molecule has 0 atom stereocenters. The van der Waals surface area contributed by atoms with Gasteiger partial charge in [-0.05, 0) is 0 Å². The number of nitrogens with zero attached hydrogens (tertiary/aromatic N) is 2. The van der Waals surface area contributed by atoms with Gasteiger partial charge in [-0.3, -0.25) is 9.80 Å². The van der Waals surface area contributed by atoms with Crippen molar-refractivity contribution in [3.63, 3.8) is 0 Å². The zero-order chi connectivity index (χ0) is 20.3. The molecule has 0 unspecified atom stereocenters. The van der Waals surface area contributed by atoms with Crippen molar-refractivity contribution >= 4 is 0 Å². The lowest BCUT2D eigenvalue weighted by Gasteiger charge is -2.39. The van der Waals surface area contributed by atoms with E-state index in [1.807, 2.05) is 0 Å². The second-order valence-electron chi connectivity index (χ2n) is 4.61. The van der Waals surface area contributed by atoms with Crippen molar-refractivity contribution < 1.29 is 61.5 Å². The molecule has 0 radical (unpaired) electrons. The molecule has 148 valence electrons. The molecule has 0 N–H and O–H groups in total. The summed E-state index contributed by atoms with van der Waals surface area (Å²) in [5.41, 5.74) is 0. The van der Waals surface area contributed by atoms with E-state index in [4.69, 9.17) is 0 Å². The molecule has 25 heavy (non-hydrogen) atoms. The van der Waals surface area contributed by atoms with Crippen LogP contribution in [0.3, 0.4) is 0 Å². The Morgan fingerprint density at radius 3 is 1.16 bits per heavy atom. The first-order chi connectivity index (χ1) is 10.7. The number of alkyl halides is 14. The van der Waals surface area contributed by atoms with Gasteiger partial charge in [0.2, 0.25) is 0 Å². The Labute approximate surface area is 128 Å². The molecule has 0 aromatic heterocycles. The van der Waals surface area contributed by atoms with Crippen molar-refractivity contribution in [1.82, 2.24) is 9.80 Å². The molecule has 1 rings (SSSR count). The van der Waals surface area contributed by atoms with Gasteiger partial charge in [0.15, 0.2) is 0 Å². The van der Waals surface area contributed by atoms with Crippen LogP contribution < -0.4 is 0 Å². The normalized spacial score (nSPS) is 18.3. The molecule has 0 fully saturated rings. The highest BCUT2D eigenvalue weighted by Gasteiger charge is 2.83. The third-order valence-electron chi connectivity index (χ3n) is 2.92. The van der Waals surface area contributed by atoms with Gasteiger partial charge in [-0.2, -0.15) is 61.5 Å². The van der Waals surface area contributed by atoms with Crippen LogP contribution in [0.15, 0.2) is 12.4 Å². The lowest BCUT2D eigenvalue weighted by Crippen LogP contribution is -2.66. The first-order valence-electron chi connectivity index (χ1n) is 5.58. The Bertz CT molecular complexity index is 529. The molecule has 0 spiro atoms. The maximum absolute atomic E-state index is 13.4. The monoisotopic (exact) mass is 406 g/mol. The summed E-state index contributed by atoms with van der Waals surface area (Å²) in [5.74, 6) is -14.5. The van der Waals surface area contributed by atoms with Crippen LogP contribution in [0.5, 0.6) is 0 Å². The molecule has 0 aromatic carbocycles. The van der Waals surface area contributed by atoms with Crippen molar-refractivity contribution in [3.8, 4) is 0 Å². The summed E-state index contributed by atoms with van der Waals surface area (Å²) in [6.45, 7) is -2.44. The van der Waals surface area contributed by atoms with Gasteiger partial charge in [-0.1, -0.05) is 0 Å². The smallest absolute Gasteiger partial charge is 0.295 e. The van der Waals surface area contributed by atoms with Crippen molar-refractivity contribution in [2.45, 2.75) is 36.3 Å². The van der Waals surface area contributed by atoms with Gasteiger partial charge < -0.3 is 0 Å². The minimum atomic E-state index is -7.31. The van der Waals surface area contributed by atoms with Crippen LogP contribution in [-0.2, 0) is 0 Å². The predicted molar refractivity (Wildman–Crippen MR) is 49.6 cm³/mol. The highest BCUT2D eigenvalue weighted by Crippen LogP contribution is 2.54. The molecule has 0 bridgehead atoms. The topological polar surface area (TPSA) is 6.48 Å². The fourth-order valence-corrected chi connectivity index (χ4v) is 1.49. The van der Waals surface area contributed by atoms with Gasteiger partial charge in [0, 0.05) is 12.4 Å². The minimum absolute atomic E-state index is 0.511. The van der Waals surface area contributed by atoms with Gasteiger partial charge in [0.1, 0.15) is 6.67 Å². The molecule has 1 heterocycles. The fraction of sp³-hybridized carbons (Fsp3) is 0.778. The van der Waals surface area contributed by atoms with Gasteiger partial charge in [-0.15, -0.1) is 0 Å². The molecule has 0 aromatic rings. The van der Waals surface area contributed by atoms with Crippen LogP contribution in [0.4, 0.5) is 61.5 Å². The Morgan fingerprint density at radius 1 is 0.480 bits per heavy atom. The van der Waals surface area contributed by atoms with Crippen molar-refractivity contribution in [3.05, 3.63) is 12.4 Å². The van der Waals surface area contributed by atoms with E-state index >= 15 is 0 Å². The maximum Gasteiger partial charge on any atom is 0.475 e. The third kappa shape index (κ3) is 3.02. The number of hydrogen-bond acceptors (Lipinski definition) is 2. The molecular formula is C9H4F14N2. The van der Waals surface area contributed by atoms with Crippen LogP contribution in [-0.4, -0.2) is 52.8 Å². The zero-order valence-electron chi connectivity index (χ0n) is 11.0. The molecule has 0 saturated carbocycles. The Balaban J connectivity index is 3.16. The number of rotatable bonds is 4. The SMILES string of the molecule is FC(F)(F)C(F)(F)N1C=CN(C(F)(F)C(F)(F)C(F)(F)C(F)(F)F)C1. The van der Waals surface area contributed by atoms with Gasteiger partial charge in [0.25, 0.3) is 0 Å². The van der Waals surface area contributed by atoms with Crippen LogP contribution in [0, 0.1) is 0 Å². The van der Waals surface area contributed by atoms with Gasteiger partial charge in [0.05, 0.1) is 0 Å². The zero-order valence-corrected chi connectivity index (χ0v) is 11.0. The van der Waals surface area contributed by atoms with Crippen molar-refractivity contribution in [2.75, 3.05) is 6.67 Å². The highest BCUT2D eigenvalue weighted by atomic mass is 19.4. The molecule has 1 aliphatic heterocycles. The molecule has 16 heteroatoms. The summed E-state index contributed by atoms with van der Waals surface area (Å²) in [5, 5.41) is 0. The maximum atomic E-state index is 13.4. The lowest BCUT2D eigenvalue weighted by molar-refractivity contribution is -0.417. The van der Waals surface area contributed by atoms with E-state index in [-0.39, 0.29) is 0 Å². The number of halogens is 14. The van der Waals surface area contributed by atoms with E-state index < -0.39 is 65.2 Å². The summed E-state index contributed by atoms with van der Waals surface area (Å²) < 4.78 is 176. The first kappa shape index (κ1) is 21.4.